The van der Waals surface area contributed by atoms with E-state index in [0.717, 1.165) is 5.56 Å². The fraction of sp³-hybridized carbons (Fsp3) is 0.263. The Kier molecular flexibility index (Phi) is 6.66. The molecule has 0 aromatic heterocycles. The molecule has 2 N–H and O–H groups in total. The molecule has 24 heavy (non-hydrogen) atoms. The summed E-state index contributed by atoms with van der Waals surface area (Å²) in [4.78, 5) is 10.6. The Bertz CT molecular complexity index is 686. The van der Waals surface area contributed by atoms with E-state index in [1.165, 1.54) is 6.07 Å². The number of nitro benzene ring substituents is 1. The molecule has 0 radical (unpaired) electrons. The fourth-order valence-electron chi connectivity index (χ4n) is 2.40. The number of benzene rings is 2. The van der Waals surface area contributed by atoms with E-state index < -0.39 is 6.10 Å². The second-order valence-electron chi connectivity index (χ2n) is 5.67. The quantitative estimate of drug-likeness (QED) is 0.577. The molecule has 2 unspecified atom stereocenters. The lowest BCUT2D eigenvalue weighted by molar-refractivity contribution is -0.385. The summed E-state index contributed by atoms with van der Waals surface area (Å²) in [5.41, 5.74) is 1.75. The van der Waals surface area contributed by atoms with Crippen molar-refractivity contribution in [3.05, 3.63) is 81.9 Å². The van der Waals surface area contributed by atoms with Crippen LogP contribution in [0.25, 0.3) is 6.08 Å². The summed E-state index contributed by atoms with van der Waals surface area (Å²) in [5, 5.41) is 24.4. The Morgan fingerprint density at radius 3 is 2.54 bits per heavy atom. The molecule has 0 fully saturated rings. The molecule has 2 aromatic rings. The average Bonchev–Trinajstić information content (AvgIpc) is 2.59. The number of nitrogens with one attached hydrogen (secondary N) is 1. The maximum atomic E-state index is 10.9. The number of nitrogens with zero attached hydrogens (tertiary/aromatic N) is 1. The zero-order valence-corrected chi connectivity index (χ0v) is 13.6. The first-order chi connectivity index (χ1) is 11.6. The topological polar surface area (TPSA) is 75.4 Å². The van der Waals surface area contributed by atoms with Crippen molar-refractivity contribution in [1.82, 2.24) is 5.32 Å². The first-order valence-electron chi connectivity index (χ1n) is 7.93. The molecule has 0 aliphatic carbocycles. The molecule has 0 heterocycles. The second-order valence-corrected chi connectivity index (χ2v) is 5.67. The first kappa shape index (κ1) is 17.8. The van der Waals surface area contributed by atoms with Gasteiger partial charge in [-0.25, -0.2) is 0 Å². The van der Waals surface area contributed by atoms with Gasteiger partial charge >= 0.3 is 0 Å². The van der Waals surface area contributed by atoms with Gasteiger partial charge < -0.3 is 10.4 Å². The highest BCUT2D eigenvalue weighted by Gasteiger charge is 2.13. The fourth-order valence-corrected chi connectivity index (χ4v) is 2.40. The summed E-state index contributed by atoms with van der Waals surface area (Å²) >= 11 is 0. The number of para-hydroxylation sites is 1. The second kappa shape index (κ2) is 8.96. The van der Waals surface area contributed by atoms with Gasteiger partial charge in [0.15, 0.2) is 0 Å². The molecule has 0 amide bonds. The molecule has 2 rings (SSSR count). The lowest BCUT2D eigenvalue weighted by Crippen LogP contribution is -2.38. The van der Waals surface area contributed by atoms with Crippen molar-refractivity contribution in [2.24, 2.45) is 0 Å². The maximum absolute atomic E-state index is 10.9. The van der Waals surface area contributed by atoms with E-state index in [9.17, 15) is 15.2 Å². The molecule has 0 saturated carbocycles. The molecular formula is C19H22N2O3. The van der Waals surface area contributed by atoms with Gasteiger partial charge in [-0.2, -0.15) is 0 Å². The van der Waals surface area contributed by atoms with Crippen molar-refractivity contribution < 1.29 is 10.0 Å². The molecular weight excluding hydrogens is 304 g/mol. The number of nitro groups is 1. The van der Waals surface area contributed by atoms with Crippen molar-refractivity contribution in [2.75, 3.05) is 6.54 Å². The summed E-state index contributed by atoms with van der Waals surface area (Å²) in [5.74, 6) is 0. The number of rotatable bonds is 8. The van der Waals surface area contributed by atoms with E-state index in [2.05, 4.69) is 5.32 Å². The molecule has 5 nitrogen and oxygen atoms in total. The molecule has 0 spiro atoms. The van der Waals surface area contributed by atoms with E-state index in [0.29, 0.717) is 18.5 Å². The van der Waals surface area contributed by atoms with E-state index in [-0.39, 0.29) is 16.7 Å². The van der Waals surface area contributed by atoms with Gasteiger partial charge in [-0.3, -0.25) is 10.1 Å². The zero-order valence-electron chi connectivity index (χ0n) is 13.6. The monoisotopic (exact) mass is 326 g/mol. The molecule has 0 saturated heterocycles. The van der Waals surface area contributed by atoms with E-state index in [1.54, 1.807) is 24.3 Å². The van der Waals surface area contributed by atoms with Crippen LogP contribution < -0.4 is 5.32 Å². The first-order valence-corrected chi connectivity index (χ1v) is 7.93. The smallest absolute Gasteiger partial charge is 0.276 e. The normalized spacial score (nSPS) is 13.8. The van der Waals surface area contributed by atoms with Crippen LogP contribution in [-0.4, -0.2) is 28.7 Å². The standard InChI is InChI=1S/C19H22N2O3/c1-15(19(22)14-16-8-3-2-4-9-16)20-13-7-11-17-10-5-6-12-18(17)21(23)24/h2-12,15,19-20,22H,13-14H2,1H3/b11-7+. The molecule has 0 aliphatic heterocycles. The number of aliphatic hydroxyl groups excluding tert-OH is 1. The Balaban J connectivity index is 1.84. The van der Waals surface area contributed by atoms with Crippen molar-refractivity contribution >= 4 is 11.8 Å². The minimum Gasteiger partial charge on any atom is -0.391 e. The molecule has 5 heteroatoms. The van der Waals surface area contributed by atoms with Gasteiger partial charge in [-0.1, -0.05) is 54.6 Å². The third-order valence-electron chi connectivity index (χ3n) is 3.85. The maximum Gasteiger partial charge on any atom is 0.276 e. The number of hydrogen-bond acceptors (Lipinski definition) is 4. The van der Waals surface area contributed by atoms with Crippen LogP contribution in [0.5, 0.6) is 0 Å². The highest BCUT2D eigenvalue weighted by molar-refractivity contribution is 5.60. The van der Waals surface area contributed by atoms with E-state index >= 15 is 0 Å². The van der Waals surface area contributed by atoms with Crippen molar-refractivity contribution in [1.29, 1.82) is 0 Å². The van der Waals surface area contributed by atoms with Gasteiger partial charge in [0.25, 0.3) is 5.69 Å². The number of hydrogen-bond donors (Lipinski definition) is 2. The van der Waals surface area contributed by atoms with Gasteiger partial charge in [-0.05, 0) is 25.0 Å². The van der Waals surface area contributed by atoms with Crippen LogP contribution >= 0.6 is 0 Å². The average molecular weight is 326 g/mol. The van der Waals surface area contributed by atoms with Crippen LogP contribution in [0.1, 0.15) is 18.1 Å². The van der Waals surface area contributed by atoms with Crippen LogP contribution in [0.3, 0.4) is 0 Å². The van der Waals surface area contributed by atoms with Crippen molar-refractivity contribution in [2.45, 2.75) is 25.5 Å². The van der Waals surface area contributed by atoms with Crippen molar-refractivity contribution in [3.63, 3.8) is 0 Å². The van der Waals surface area contributed by atoms with Gasteiger partial charge in [0.2, 0.25) is 0 Å². The lowest BCUT2D eigenvalue weighted by Gasteiger charge is -2.19. The summed E-state index contributed by atoms with van der Waals surface area (Å²) < 4.78 is 0. The van der Waals surface area contributed by atoms with E-state index in [4.69, 9.17) is 0 Å². The molecule has 126 valence electrons. The largest absolute Gasteiger partial charge is 0.391 e. The Morgan fingerprint density at radius 2 is 1.83 bits per heavy atom. The minimum absolute atomic E-state index is 0.0828. The molecule has 0 aliphatic rings. The summed E-state index contributed by atoms with van der Waals surface area (Å²) in [7, 11) is 0. The zero-order chi connectivity index (χ0) is 17.4. The van der Waals surface area contributed by atoms with Gasteiger partial charge in [0, 0.05) is 18.7 Å². The third-order valence-corrected chi connectivity index (χ3v) is 3.85. The Hall–Kier alpha value is -2.50. The van der Waals surface area contributed by atoms with E-state index in [1.807, 2.05) is 43.3 Å². The summed E-state index contributed by atoms with van der Waals surface area (Å²) in [6.45, 7) is 2.45. The Morgan fingerprint density at radius 1 is 1.17 bits per heavy atom. The highest BCUT2D eigenvalue weighted by Crippen LogP contribution is 2.18. The van der Waals surface area contributed by atoms with Crippen LogP contribution in [0, 0.1) is 10.1 Å². The third kappa shape index (κ3) is 5.30. The van der Waals surface area contributed by atoms with Crippen molar-refractivity contribution in [3.8, 4) is 0 Å². The van der Waals surface area contributed by atoms with Crippen LogP contribution in [0.2, 0.25) is 0 Å². The SMILES string of the molecule is CC(NC/C=C/c1ccccc1[N+](=O)[O-])C(O)Cc1ccccc1. The minimum atomic E-state index is -0.494. The molecule has 2 aromatic carbocycles. The van der Waals surface area contributed by atoms with Gasteiger partial charge in [0.1, 0.15) is 0 Å². The predicted octanol–water partition coefficient (Wildman–Crippen LogP) is 3.19. The summed E-state index contributed by atoms with van der Waals surface area (Å²) in [6.07, 6.45) is 3.64. The van der Waals surface area contributed by atoms with Crippen LogP contribution in [0.15, 0.2) is 60.7 Å². The lowest BCUT2D eigenvalue weighted by atomic mass is 10.0. The highest BCUT2D eigenvalue weighted by atomic mass is 16.6. The van der Waals surface area contributed by atoms with Crippen LogP contribution in [0.4, 0.5) is 5.69 Å². The molecule has 0 bridgehead atoms. The van der Waals surface area contributed by atoms with Gasteiger partial charge in [-0.15, -0.1) is 0 Å². The number of aliphatic hydroxyl groups is 1. The van der Waals surface area contributed by atoms with Crippen LogP contribution in [-0.2, 0) is 6.42 Å². The van der Waals surface area contributed by atoms with Gasteiger partial charge in [0.05, 0.1) is 16.6 Å². The Labute approximate surface area is 141 Å². The summed E-state index contributed by atoms with van der Waals surface area (Å²) in [6, 6.07) is 16.4. The predicted molar refractivity (Wildman–Crippen MR) is 95.7 cm³/mol. The molecule has 2 atom stereocenters.